The van der Waals surface area contributed by atoms with Crippen molar-refractivity contribution in [2.45, 2.75) is 19.9 Å². The van der Waals surface area contributed by atoms with Crippen LogP contribution in [0, 0.1) is 0 Å². The van der Waals surface area contributed by atoms with Gasteiger partial charge in [-0.3, -0.25) is 28.3 Å². The van der Waals surface area contributed by atoms with E-state index in [1.54, 1.807) is 0 Å². The van der Waals surface area contributed by atoms with Crippen molar-refractivity contribution in [1.29, 1.82) is 0 Å². The standard InChI is InChI=1S/C16H16N2O5/c1-3-5-23-6-4-18-15(21)11-7-9-10(8-12(11)16(18)22)14(20)17(2)13(9)19/h7-8H,3-6H2,1-2H3. The number of benzene rings is 1. The lowest BCUT2D eigenvalue weighted by Crippen LogP contribution is -2.27. The minimum Gasteiger partial charge on any atom is -0.380 e. The van der Waals surface area contributed by atoms with Crippen LogP contribution < -0.4 is 22.2 Å². The number of hydrogen-bond acceptors (Lipinski definition) is 5. The van der Waals surface area contributed by atoms with Crippen LogP contribution in [0.3, 0.4) is 0 Å². The van der Waals surface area contributed by atoms with Gasteiger partial charge in [0.25, 0.3) is 22.2 Å². The fourth-order valence-corrected chi connectivity index (χ4v) is 2.75. The summed E-state index contributed by atoms with van der Waals surface area (Å²) < 4.78 is 7.38. The van der Waals surface area contributed by atoms with Gasteiger partial charge in [0.15, 0.2) is 0 Å². The number of aromatic nitrogens is 2. The average molecular weight is 316 g/mol. The molecule has 0 amide bonds. The van der Waals surface area contributed by atoms with Crippen molar-refractivity contribution < 1.29 is 4.74 Å². The van der Waals surface area contributed by atoms with Crippen LogP contribution in [-0.2, 0) is 18.3 Å². The van der Waals surface area contributed by atoms with Crippen molar-refractivity contribution in [2.75, 3.05) is 13.2 Å². The van der Waals surface area contributed by atoms with Gasteiger partial charge in [0, 0.05) is 13.7 Å². The second-order valence-electron chi connectivity index (χ2n) is 5.49. The maximum Gasteiger partial charge on any atom is 0.261 e. The van der Waals surface area contributed by atoms with Gasteiger partial charge in [-0.25, -0.2) is 0 Å². The van der Waals surface area contributed by atoms with Gasteiger partial charge in [0.2, 0.25) is 0 Å². The zero-order valence-electron chi connectivity index (χ0n) is 12.9. The topological polar surface area (TPSA) is 87.4 Å². The molecule has 0 saturated carbocycles. The van der Waals surface area contributed by atoms with Gasteiger partial charge < -0.3 is 4.74 Å². The van der Waals surface area contributed by atoms with Gasteiger partial charge in [0.05, 0.1) is 34.7 Å². The molecule has 0 aliphatic heterocycles. The normalized spacial score (nSPS) is 11.7. The highest BCUT2D eigenvalue weighted by molar-refractivity contribution is 5.97. The molecule has 0 atom stereocenters. The fourth-order valence-electron chi connectivity index (χ4n) is 2.75. The maximum absolute atomic E-state index is 12.4. The van der Waals surface area contributed by atoms with Crippen LogP contribution in [0.1, 0.15) is 13.3 Å². The molecule has 0 spiro atoms. The third kappa shape index (κ3) is 2.24. The maximum atomic E-state index is 12.4. The molecule has 3 rings (SSSR count). The number of ether oxygens (including phenoxy) is 1. The molecule has 1 aromatic carbocycles. The van der Waals surface area contributed by atoms with E-state index in [9.17, 15) is 19.2 Å². The highest BCUT2D eigenvalue weighted by atomic mass is 16.5. The van der Waals surface area contributed by atoms with Crippen molar-refractivity contribution >= 4 is 21.5 Å². The molecule has 0 saturated heterocycles. The van der Waals surface area contributed by atoms with Crippen LogP contribution in [-0.4, -0.2) is 22.3 Å². The Kier molecular flexibility index (Phi) is 3.73. The quantitative estimate of drug-likeness (QED) is 0.612. The van der Waals surface area contributed by atoms with Gasteiger partial charge in [-0.2, -0.15) is 0 Å². The minimum atomic E-state index is -0.460. The Morgan fingerprint density at radius 2 is 1.30 bits per heavy atom. The summed E-state index contributed by atoms with van der Waals surface area (Å²) in [6, 6.07) is 2.70. The number of rotatable bonds is 5. The minimum absolute atomic E-state index is 0.152. The second-order valence-corrected chi connectivity index (χ2v) is 5.49. The molecule has 7 nitrogen and oxygen atoms in total. The molecule has 0 radical (unpaired) electrons. The molecule has 0 aliphatic carbocycles. The first-order chi connectivity index (χ1) is 11.0. The SMILES string of the molecule is CCCOCCn1c(=O)c2cc3c(=O)n(C)c(=O)c3cc2c1=O. The van der Waals surface area contributed by atoms with Gasteiger partial charge >= 0.3 is 0 Å². The Morgan fingerprint density at radius 3 is 1.78 bits per heavy atom. The highest BCUT2D eigenvalue weighted by Crippen LogP contribution is 2.14. The van der Waals surface area contributed by atoms with Crippen molar-refractivity contribution in [3.8, 4) is 0 Å². The summed E-state index contributed by atoms with van der Waals surface area (Å²) >= 11 is 0. The largest absolute Gasteiger partial charge is 0.380 e. The zero-order valence-corrected chi connectivity index (χ0v) is 12.9. The van der Waals surface area contributed by atoms with Crippen LogP contribution in [0.2, 0.25) is 0 Å². The molecule has 0 N–H and O–H groups in total. The van der Waals surface area contributed by atoms with Crippen molar-refractivity contribution in [1.82, 2.24) is 9.13 Å². The number of fused-ring (bicyclic) bond motifs is 2. The zero-order chi connectivity index (χ0) is 16.7. The van der Waals surface area contributed by atoms with Crippen LogP contribution in [0.25, 0.3) is 21.5 Å². The van der Waals surface area contributed by atoms with Crippen LogP contribution >= 0.6 is 0 Å². The van der Waals surface area contributed by atoms with Gasteiger partial charge in [0.1, 0.15) is 0 Å². The van der Waals surface area contributed by atoms with Gasteiger partial charge in [-0.1, -0.05) is 6.92 Å². The molecule has 0 unspecified atom stereocenters. The molecule has 2 aromatic heterocycles. The van der Waals surface area contributed by atoms with E-state index in [4.69, 9.17) is 4.74 Å². The Morgan fingerprint density at radius 1 is 0.826 bits per heavy atom. The van der Waals surface area contributed by atoms with E-state index in [1.807, 2.05) is 6.92 Å². The van der Waals surface area contributed by atoms with Crippen LogP contribution in [0.15, 0.2) is 31.3 Å². The Hall–Kier alpha value is -2.54. The van der Waals surface area contributed by atoms with E-state index >= 15 is 0 Å². The predicted molar refractivity (Wildman–Crippen MR) is 87.0 cm³/mol. The molecular formula is C16H16N2O5. The summed E-state index contributed by atoms with van der Waals surface area (Å²) in [5.41, 5.74) is -1.83. The third-order valence-corrected chi connectivity index (χ3v) is 3.99. The lowest BCUT2D eigenvalue weighted by Gasteiger charge is -2.01. The third-order valence-electron chi connectivity index (χ3n) is 3.99. The van der Waals surface area contributed by atoms with E-state index in [1.165, 1.54) is 19.2 Å². The molecule has 3 aromatic rings. The first-order valence-corrected chi connectivity index (χ1v) is 7.41. The van der Waals surface area contributed by atoms with Crippen molar-refractivity contribution in [2.24, 2.45) is 7.05 Å². The van der Waals surface area contributed by atoms with Gasteiger partial charge in [-0.05, 0) is 18.6 Å². The molecule has 0 aliphatic rings. The van der Waals surface area contributed by atoms with Crippen molar-refractivity contribution in [3.63, 3.8) is 0 Å². The Labute approximate surface area is 130 Å². The molecule has 7 heteroatoms. The summed E-state index contributed by atoms with van der Waals surface area (Å²) in [6.07, 6.45) is 0.854. The second kappa shape index (κ2) is 5.58. The Balaban J connectivity index is 2.20. The van der Waals surface area contributed by atoms with E-state index < -0.39 is 22.2 Å². The number of hydrogen-bond donors (Lipinski definition) is 0. The molecule has 120 valence electrons. The lowest BCUT2D eigenvalue weighted by atomic mass is 10.1. The first kappa shape index (κ1) is 15.4. The van der Waals surface area contributed by atoms with Crippen LogP contribution in [0.5, 0.6) is 0 Å². The van der Waals surface area contributed by atoms with E-state index in [0.717, 1.165) is 15.6 Å². The molecule has 0 bridgehead atoms. The summed E-state index contributed by atoms with van der Waals surface area (Å²) in [5.74, 6) is 0. The summed E-state index contributed by atoms with van der Waals surface area (Å²) in [7, 11) is 1.37. The Bertz CT molecular complexity index is 1020. The molecule has 2 heterocycles. The predicted octanol–water partition coefficient (Wildman–Crippen LogP) is -0.124. The van der Waals surface area contributed by atoms with Gasteiger partial charge in [-0.15, -0.1) is 0 Å². The lowest BCUT2D eigenvalue weighted by molar-refractivity contribution is 0.126. The van der Waals surface area contributed by atoms with E-state index in [2.05, 4.69) is 0 Å². The van der Waals surface area contributed by atoms with Crippen LogP contribution in [0.4, 0.5) is 0 Å². The highest BCUT2D eigenvalue weighted by Gasteiger charge is 2.18. The van der Waals surface area contributed by atoms with E-state index in [-0.39, 0.29) is 34.7 Å². The summed E-state index contributed by atoms with van der Waals surface area (Å²) in [6.45, 7) is 2.94. The smallest absolute Gasteiger partial charge is 0.261 e. The molecular weight excluding hydrogens is 300 g/mol. The number of nitrogens with zero attached hydrogens (tertiary/aromatic N) is 2. The fraction of sp³-hybridized carbons (Fsp3) is 0.375. The molecule has 0 fully saturated rings. The molecule has 23 heavy (non-hydrogen) atoms. The van der Waals surface area contributed by atoms with E-state index in [0.29, 0.717) is 6.61 Å². The summed E-state index contributed by atoms with van der Waals surface area (Å²) in [5, 5.41) is 0.671. The summed E-state index contributed by atoms with van der Waals surface area (Å²) in [4.78, 5) is 48.8. The monoisotopic (exact) mass is 316 g/mol. The first-order valence-electron chi connectivity index (χ1n) is 7.41. The van der Waals surface area contributed by atoms with Crippen molar-refractivity contribution in [3.05, 3.63) is 53.5 Å². The average Bonchev–Trinajstić information content (AvgIpc) is 2.91.